The lowest BCUT2D eigenvalue weighted by molar-refractivity contribution is -0.704. The van der Waals surface area contributed by atoms with Gasteiger partial charge in [-0.2, -0.15) is 0 Å². The van der Waals surface area contributed by atoms with Crippen molar-refractivity contribution in [1.29, 1.82) is 0 Å². The van der Waals surface area contributed by atoms with Crippen molar-refractivity contribution in [3.8, 4) is 17.4 Å². The van der Waals surface area contributed by atoms with E-state index in [1.165, 1.54) is 9.48 Å². The summed E-state index contributed by atoms with van der Waals surface area (Å²) in [5.41, 5.74) is 1.47. The molecule has 0 unspecified atom stereocenters. The molecule has 0 atom stereocenters. The second-order valence-corrected chi connectivity index (χ2v) is 6.52. The molecule has 3 rings (SSSR count). The fourth-order valence-corrected chi connectivity index (χ4v) is 2.80. The van der Waals surface area contributed by atoms with E-state index in [1.807, 2.05) is 48.5 Å². The number of rotatable bonds is 2. The molecule has 0 amide bonds. The van der Waals surface area contributed by atoms with Crippen molar-refractivity contribution in [2.24, 2.45) is 0 Å². The highest BCUT2D eigenvalue weighted by atomic mass is 127. The Morgan fingerprint density at radius 3 is 2.40 bits per heavy atom. The van der Waals surface area contributed by atoms with Gasteiger partial charge in [-0.1, -0.05) is 12.1 Å². The van der Waals surface area contributed by atoms with Crippen LogP contribution in [0, 0.1) is 7.14 Å². The summed E-state index contributed by atoms with van der Waals surface area (Å²) in [6.45, 7) is 0. The van der Waals surface area contributed by atoms with Gasteiger partial charge in [-0.05, 0) is 81.6 Å². The molecular formula is C13H8I2N4O. The number of nitrogens with zero attached hydrogens (tertiary/aromatic N) is 4. The number of tetrazole rings is 1. The summed E-state index contributed by atoms with van der Waals surface area (Å²) >= 11 is 4.40. The van der Waals surface area contributed by atoms with Crippen LogP contribution in [-0.4, -0.2) is 15.1 Å². The van der Waals surface area contributed by atoms with Crippen LogP contribution in [0.25, 0.3) is 11.4 Å². The van der Waals surface area contributed by atoms with Crippen LogP contribution in [0.3, 0.4) is 0 Å². The number of hydrogen-bond acceptors (Lipinski definition) is 3. The third-order valence-corrected chi connectivity index (χ3v) is 3.97. The summed E-state index contributed by atoms with van der Waals surface area (Å²) in [6.07, 6.45) is 0. The molecule has 1 aromatic heterocycles. The Hall–Kier alpha value is -1.23. The predicted molar refractivity (Wildman–Crippen MR) is 87.8 cm³/mol. The molecule has 7 heteroatoms. The Morgan fingerprint density at radius 2 is 1.70 bits per heavy atom. The molecule has 3 aromatic rings. The van der Waals surface area contributed by atoms with Crippen LogP contribution in [0.15, 0.2) is 48.5 Å². The summed E-state index contributed by atoms with van der Waals surface area (Å²) in [4.78, 5) is 1.35. The average molecular weight is 490 g/mol. The van der Waals surface area contributed by atoms with E-state index in [1.54, 1.807) is 0 Å². The zero-order valence-electron chi connectivity index (χ0n) is 10.1. The third kappa shape index (κ3) is 2.77. The molecule has 20 heavy (non-hydrogen) atoms. The summed E-state index contributed by atoms with van der Waals surface area (Å²) in [5, 5.41) is 20.1. The van der Waals surface area contributed by atoms with Crippen molar-refractivity contribution in [2.45, 2.75) is 0 Å². The molecule has 0 aliphatic carbocycles. The molecular weight excluding hydrogens is 482 g/mol. The van der Waals surface area contributed by atoms with Crippen LogP contribution in [-0.2, 0) is 0 Å². The fraction of sp³-hybridized carbons (Fsp3) is 0. The Labute approximate surface area is 142 Å². The van der Waals surface area contributed by atoms with Crippen LogP contribution >= 0.6 is 45.2 Å². The molecule has 0 aliphatic rings. The van der Waals surface area contributed by atoms with Crippen LogP contribution < -0.4 is 9.79 Å². The first-order valence-corrected chi connectivity index (χ1v) is 7.88. The fourth-order valence-electron chi connectivity index (χ4n) is 1.75. The molecule has 1 heterocycles. The molecule has 5 nitrogen and oxygen atoms in total. The Bertz CT molecular complexity index is 773. The van der Waals surface area contributed by atoms with Crippen LogP contribution in [0.5, 0.6) is 6.01 Å². The van der Waals surface area contributed by atoms with E-state index >= 15 is 0 Å². The highest BCUT2D eigenvalue weighted by Gasteiger charge is 2.15. The lowest BCUT2D eigenvalue weighted by Gasteiger charge is -1.98. The van der Waals surface area contributed by atoms with E-state index in [0.29, 0.717) is 5.69 Å². The lowest BCUT2D eigenvalue weighted by atomic mass is 10.3. The molecule has 0 saturated carbocycles. The maximum absolute atomic E-state index is 12.0. The molecule has 0 fully saturated rings. The molecule has 2 aromatic carbocycles. The SMILES string of the molecule is [O-]c1nn(-c2cccc(I)c2)n[n+]1-c1cccc(I)c1. The summed E-state index contributed by atoms with van der Waals surface area (Å²) in [7, 11) is 0. The van der Waals surface area contributed by atoms with Gasteiger partial charge in [-0.15, -0.1) is 4.68 Å². The van der Waals surface area contributed by atoms with Gasteiger partial charge >= 0.3 is 0 Å². The first-order chi connectivity index (χ1) is 9.63. The van der Waals surface area contributed by atoms with Gasteiger partial charge in [0.25, 0.3) is 6.01 Å². The summed E-state index contributed by atoms with van der Waals surface area (Å²) in [6, 6.07) is 14.8. The zero-order valence-corrected chi connectivity index (χ0v) is 14.4. The van der Waals surface area contributed by atoms with Crippen molar-refractivity contribution >= 4 is 45.2 Å². The highest BCUT2D eigenvalue weighted by Crippen LogP contribution is 2.12. The minimum Gasteiger partial charge on any atom is -0.816 e. The van der Waals surface area contributed by atoms with Crippen molar-refractivity contribution in [1.82, 2.24) is 15.1 Å². The molecule has 0 N–H and O–H groups in total. The van der Waals surface area contributed by atoms with Gasteiger partial charge in [0, 0.05) is 11.9 Å². The average Bonchev–Trinajstić information content (AvgIpc) is 2.81. The van der Waals surface area contributed by atoms with Crippen molar-refractivity contribution in [3.05, 3.63) is 55.7 Å². The quantitative estimate of drug-likeness (QED) is 0.407. The highest BCUT2D eigenvalue weighted by molar-refractivity contribution is 14.1. The molecule has 100 valence electrons. The van der Waals surface area contributed by atoms with Crippen LogP contribution in [0.4, 0.5) is 0 Å². The van der Waals surface area contributed by atoms with E-state index < -0.39 is 6.01 Å². The van der Waals surface area contributed by atoms with Crippen LogP contribution in [0.2, 0.25) is 0 Å². The molecule has 0 saturated heterocycles. The number of hydrogen-bond donors (Lipinski definition) is 0. The first-order valence-electron chi connectivity index (χ1n) is 5.72. The monoisotopic (exact) mass is 490 g/mol. The van der Waals surface area contributed by atoms with Gasteiger partial charge in [-0.3, -0.25) is 0 Å². The van der Waals surface area contributed by atoms with E-state index in [0.717, 1.165) is 12.8 Å². The van der Waals surface area contributed by atoms with Crippen molar-refractivity contribution in [3.63, 3.8) is 0 Å². The van der Waals surface area contributed by atoms with E-state index in [4.69, 9.17) is 0 Å². The number of aromatic nitrogens is 4. The predicted octanol–water partition coefficient (Wildman–Crippen LogP) is 1.83. The maximum Gasteiger partial charge on any atom is 0.272 e. The van der Waals surface area contributed by atoms with Crippen molar-refractivity contribution in [2.75, 3.05) is 0 Å². The normalized spacial score (nSPS) is 10.7. The van der Waals surface area contributed by atoms with Gasteiger partial charge in [-0.25, -0.2) is 0 Å². The molecule has 0 aliphatic heterocycles. The maximum atomic E-state index is 12.0. The topological polar surface area (TPSA) is 57.7 Å². The molecule has 0 spiro atoms. The smallest absolute Gasteiger partial charge is 0.272 e. The third-order valence-electron chi connectivity index (χ3n) is 2.63. The first kappa shape index (κ1) is 13.7. The van der Waals surface area contributed by atoms with E-state index in [9.17, 15) is 5.11 Å². The second kappa shape index (κ2) is 5.64. The summed E-state index contributed by atoms with van der Waals surface area (Å²) in [5.74, 6) is 0. The van der Waals surface area contributed by atoms with Gasteiger partial charge < -0.3 is 5.11 Å². The standard InChI is InChI=1S/C13H8I2N4O/c14-9-3-1-5-11(7-9)18-13(20)16-19(17-18)12-6-2-4-10(15)8-12/h1-8H. The van der Waals surface area contributed by atoms with Gasteiger partial charge in [0.2, 0.25) is 0 Å². The van der Waals surface area contributed by atoms with E-state index in [-0.39, 0.29) is 0 Å². The number of halogens is 2. The Morgan fingerprint density at radius 1 is 1.00 bits per heavy atom. The van der Waals surface area contributed by atoms with Crippen molar-refractivity contribution < 1.29 is 9.79 Å². The summed E-state index contributed by atoms with van der Waals surface area (Å²) < 4.78 is 3.39. The van der Waals surface area contributed by atoms with E-state index in [2.05, 4.69) is 55.5 Å². The minimum atomic E-state index is -0.397. The Balaban J connectivity index is 2.08. The van der Waals surface area contributed by atoms with Gasteiger partial charge in [0.05, 0.1) is 10.3 Å². The van der Waals surface area contributed by atoms with Gasteiger partial charge in [0.1, 0.15) is 5.69 Å². The Kier molecular flexibility index (Phi) is 3.87. The molecule has 0 bridgehead atoms. The largest absolute Gasteiger partial charge is 0.816 e. The van der Waals surface area contributed by atoms with Gasteiger partial charge in [0.15, 0.2) is 5.69 Å². The minimum absolute atomic E-state index is 0.397. The molecule has 0 radical (unpaired) electrons. The number of benzene rings is 2. The second-order valence-electron chi connectivity index (χ2n) is 4.03. The van der Waals surface area contributed by atoms with Crippen LogP contribution in [0.1, 0.15) is 0 Å². The lowest BCUT2D eigenvalue weighted by Crippen LogP contribution is -2.36. The zero-order chi connectivity index (χ0) is 14.1.